The maximum atomic E-state index is 13.1. The SMILES string of the molecule is CCn1ncc(-c2ccnc3cc(C(=O)NCCCn4nc(C(F)(F)F)cc4C4CC4)nn23)c1C. The summed E-state index contributed by atoms with van der Waals surface area (Å²) < 4.78 is 44.1. The summed E-state index contributed by atoms with van der Waals surface area (Å²) in [6.45, 7) is 5.29. The maximum absolute atomic E-state index is 13.1. The molecule has 5 rings (SSSR count). The molecule has 1 saturated carbocycles. The third-order valence-electron chi connectivity index (χ3n) is 6.20. The molecule has 0 spiro atoms. The summed E-state index contributed by atoms with van der Waals surface area (Å²) >= 11 is 0. The summed E-state index contributed by atoms with van der Waals surface area (Å²) in [6, 6.07) is 4.57. The Labute approximate surface area is 199 Å². The van der Waals surface area contributed by atoms with Gasteiger partial charge in [-0.2, -0.15) is 28.5 Å². The molecule has 1 amide bonds. The molecule has 4 aromatic heterocycles. The number of hydrogen-bond acceptors (Lipinski definition) is 5. The van der Waals surface area contributed by atoms with E-state index in [1.165, 1.54) is 4.68 Å². The van der Waals surface area contributed by atoms with E-state index in [1.54, 1.807) is 23.0 Å². The number of nitrogens with zero attached hydrogens (tertiary/aromatic N) is 7. The average Bonchev–Trinajstić information content (AvgIpc) is 3.25. The van der Waals surface area contributed by atoms with Crippen molar-refractivity contribution in [1.29, 1.82) is 0 Å². The Morgan fingerprint density at radius 2 is 2.00 bits per heavy atom. The van der Waals surface area contributed by atoms with Crippen LogP contribution in [0.1, 0.15) is 59.7 Å². The predicted octanol–water partition coefficient (Wildman–Crippen LogP) is 3.83. The van der Waals surface area contributed by atoms with Crippen LogP contribution in [0.2, 0.25) is 0 Å². The minimum absolute atomic E-state index is 0.140. The van der Waals surface area contributed by atoms with E-state index in [1.807, 2.05) is 24.6 Å². The van der Waals surface area contributed by atoms with Gasteiger partial charge in [0.2, 0.25) is 0 Å². The molecular formula is C23H25F3N8O. The number of carbonyl (C=O) groups is 1. The molecule has 0 aromatic carbocycles. The average molecular weight is 487 g/mol. The monoisotopic (exact) mass is 486 g/mol. The van der Waals surface area contributed by atoms with Gasteiger partial charge in [-0.15, -0.1) is 0 Å². The number of aryl methyl sites for hydroxylation is 2. The lowest BCUT2D eigenvalue weighted by Gasteiger charge is -2.07. The lowest BCUT2D eigenvalue weighted by Crippen LogP contribution is -2.26. The van der Waals surface area contributed by atoms with Crippen LogP contribution in [0.15, 0.2) is 30.6 Å². The molecule has 0 unspecified atom stereocenters. The number of hydrogen-bond donors (Lipinski definition) is 1. The van der Waals surface area contributed by atoms with Crippen molar-refractivity contribution in [3.63, 3.8) is 0 Å². The molecule has 4 aromatic rings. The van der Waals surface area contributed by atoms with E-state index < -0.39 is 11.9 Å². The van der Waals surface area contributed by atoms with Crippen LogP contribution in [0.5, 0.6) is 0 Å². The van der Waals surface area contributed by atoms with Gasteiger partial charge in [-0.3, -0.25) is 14.2 Å². The Bertz CT molecular complexity index is 1380. The zero-order valence-electron chi connectivity index (χ0n) is 19.4. The fraction of sp³-hybridized carbons (Fsp3) is 0.435. The van der Waals surface area contributed by atoms with Crippen molar-refractivity contribution in [3.05, 3.63) is 53.4 Å². The van der Waals surface area contributed by atoms with Crippen molar-refractivity contribution in [3.8, 4) is 11.3 Å². The van der Waals surface area contributed by atoms with Crippen molar-refractivity contribution >= 4 is 11.6 Å². The van der Waals surface area contributed by atoms with Gasteiger partial charge in [0.15, 0.2) is 17.0 Å². The summed E-state index contributed by atoms with van der Waals surface area (Å²) in [5, 5.41) is 15.4. The molecule has 0 radical (unpaired) electrons. The summed E-state index contributed by atoms with van der Waals surface area (Å²) in [4.78, 5) is 17.0. The predicted molar refractivity (Wildman–Crippen MR) is 121 cm³/mol. The van der Waals surface area contributed by atoms with Gasteiger partial charge in [-0.25, -0.2) is 9.50 Å². The topological polar surface area (TPSA) is 94.9 Å². The number of amides is 1. The molecule has 184 valence electrons. The Morgan fingerprint density at radius 3 is 2.69 bits per heavy atom. The third-order valence-corrected chi connectivity index (χ3v) is 6.20. The van der Waals surface area contributed by atoms with E-state index in [2.05, 4.69) is 25.6 Å². The van der Waals surface area contributed by atoms with Gasteiger partial charge in [0.1, 0.15) is 0 Å². The highest BCUT2D eigenvalue weighted by Crippen LogP contribution is 2.42. The molecule has 1 fully saturated rings. The second kappa shape index (κ2) is 8.82. The third kappa shape index (κ3) is 4.52. The molecule has 35 heavy (non-hydrogen) atoms. The number of nitrogens with one attached hydrogen (secondary N) is 1. The lowest BCUT2D eigenvalue weighted by atomic mass is 10.2. The van der Waals surface area contributed by atoms with Crippen molar-refractivity contribution in [2.75, 3.05) is 6.54 Å². The highest BCUT2D eigenvalue weighted by atomic mass is 19.4. The van der Waals surface area contributed by atoms with Crippen LogP contribution in [-0.2, 0) is 19.3 Å². The highest BCUT2D eigenvalue weighted by molar-refractivity contribution is 5.93. The smallest absolute Gasteiger partial charge is 0.351 e. The largest absolute Gasteiger partial charge is 0.435 e. The standard InChI is InChI=1S/C23H25F3N8O/c1-3-32-14(2)16(13-29-32)18-7-9-27-21-11-17(30-34(18)21)22(35)28-8-4-10-33-19(15-5-6-15)12-20(31-33)23(24,25)26/h7,9,11-13,15H,3-6,8,10H2,1-2H3,(H,28,35). The Kier molecular flexibility index (Phi) is 5.81. The first kappa shape index (κ1) is 23.1. The van der Waals surface area contributed by atoms with Crippen LogP contribution in [0, 0.1) is 6.92 Å². The van der Waals surface area contributed by atoms with Gasteiger partial charge >= 0.3 is 6.18 Å². The van der Waals surface area contributed by atoms with Gasteiger partial charge in [-0.05, 0) is 45.2 Å². The molecular weight excluding hydrogens is 461 g/mol. The molecule has 1 aliphatic carbocycles. The Balaban J connectivity index is 1.26. The first-order chi connectivity index (χ1) is 16.8. The van der Waals surface area contributed by atoms with Crippen LogP contribution in [0.4, 0.5) is 13.2 Å². The number of carbonyl (C=O) groups excluding carboxylic acids is 1. The molecule has 0 bridgehead atoms. The van der Waals surface area contributed by atoms with E-state index in [-0.39, 0.29) is 24.1 Å². The van der Waals surface area contributed by atoms with E-state index in [9.17, 15) is 18.0 Å². The normalized spacial score (nSPS) is 14.1. The number of rotatable bonds is 8. The van der Waals surface area contributed by atoms with Gasteiger partial charge in [0.25, 0.3) is 5.91 Å². The zero-order chi connectivity index (χ0) is 24.7. The van der Waals surface area contributed by atoms with Gasteiger partial charge < -0.3 is 5.32 Å². The molecule has 0 saturated heterocycles. The molecule has 1 aliphatic rings. The minimum Gasteiger partial charge on any atom is -0.351 e. The van der Waals surface area contributed by atoms with E-state index in [0.29, 0.717) is 24.3 Å². The highest BCUT2D eigenvalue weighted by Gasteiger charge is 2.37. The number of fused-ring (bicyclic) bond motifs is 1. The van der Waals surface area contributed by atoms with E-state index >= 15 is 0 Å². The molecule has 1 N–H and O–H groups in total. The second-order valence-corrected chi connectivity index (χ2v) is 8.65. The molecule has 4 heterocycles. The summed E-state index contributed by atoms with van der Waals surface area (Å²) in [6.07, 6.45) is 1.16. The van der Waals surface area contributed by atoms with Crippen molar-refractivity contribution in [2.24, 2.45) is 0 Å². The van der Waals surface area contributed by atoms with Crippen molar-refractivity contribution in [2.45, 2.75) is 58.3 Å². The maximum Gasteiger partial charge on any atom is 0.435 e. The molecule has 9 nitrogen and oxygen atoms in total. The van der Waals surface area contributed by atoms with Crippen LogP contribution in [0.3, 0.4) is 0 Å². The molecule has 0 atom stereocenters. The second-order valence-electron chi connectivity index (χ2n) is 8.65. The Morgan fingerprint density at radius 1 is 1.20 bits per heavy atom. The number of aromatic nitrogens is 7. The van der Waals surface area contributed by atoms with E-state index in [0.717, 1.165) is 42.4 Å². The van der Waals surface area contributed by atoms with E-state index in [4.69, 9.17) is 0 Å². The first-order valence-corrected chi connectivity index (χ1v) is 11.6. The van der Waals surface area contributed by atoms with Crippen LogP contribution in [0.25, 0.3) is 16.9 Å². The van der Waals surface area contributed by atoms with Gasteiger partial charge in [0.05, 0.1) is 11.9 Å². The Hall–Kier alpha value is -3.70. The van der Waals surface area contributed by atoms with Crippen molar-refractivity contribution in [1.82, 2.24) is 39.5 Å². The van der Waals surface area contributed by atoms with Gasteiger partial charge in [0, 0.05) is 54.8 Å². The molecule has 0 aliphatic heterocycles. The minimum atomic E-state index is -4.47. The summed E-state index contributed by atoms with van der Waals surface area (Å²) in [5.74, 6) is -0.234. The zero-order valence-corrected chi connectivity index (χ0v) is 19.4. The van der Waals surface area contributed by atoms with Crippen LogP contribution < -0.4 is 5.32 Å². The van der Waals surface area contributed by atoms with Crippen LogP contribution >= 0.6 is 0 Å². The molecule has 12 heteroatoms. The van der Waals surface area contributed by atoms with Gasteiger partial charge in [-0.1, -0.05) is 0 Å². The number of halogens is 3. The quantitative estimate of drug-likeness (QED) is 0.382. The fourth-order valence-electron chi connectivity index (χ4n) is 4.20. The fourth-order valence-corrected chi connectivity index (χ4v) is 4.20. The van der Waals surface area contributed by atoms with Crippen LogP contribution in [-0.4, -0.2) is 46.6 Å². The summed E-state index contributed by atoms with van der Waals surface area (Å²) in [7, 11) is 0. The first-order valence-electron chi connectivity index (χ1n) is 11.6. The van der Waals surface area contributed by atoms with Crippen molar-refractivity contribution < 1.29 is 18.0 Å². The summed E-state index contributed by atoms with van der Waals surface area (Å²) in [5.41, 5.74) is 3.15. The lowest BCUT2D eigenvalue weighted by molar-refractivity contribution is -0.141. The number of alkyl halides is 3.